The fourth-order valence-electron chi connectivity index (χ4n) is 3.06. The second kappa shape index (κ2) is 5.55. The minimum atomic E-state index is 0.0800. The molecule has 21 heavy (non-hydrogen) atoms. The second-order valence-corrected chi connectivity index (χ2v) is 5.33. The van der Waals surface area contributed by atoms with Crippen molar-refractivity contribution in [1.82, 2.24) is 4.98 Å². The Labute approximate surface area is 124 Å². The Balaban J connectivity index is 2.09. The summed E-state index contributed by atoms with van der Waals surface area (Å²) in [5.41, 5.74) is 10.2. The molecule has 3 rings (SSSR count). The summed E-state index contributed by atoms with van der Waals surface area (Å²) in [5.74, 6) is 0.752. The molecule has 0 amide bonds. The van der Waals surface area contributed by atoms with Crippen molar-refractivity contribution in [2.45, 2.75) is 19.4 Å². The zero-order chi connectivity index (χ0) is 14.8. The lowest BCUT2D eigenvalue weighted by molar-refractivity contribution is 0.583. The van der Waals surface area contributed by atoms with Gasteiger partial charge in [0.15, 0.2) is 0 Å². The summed E-state index contributed by atoms with van der Waals surface area (Å²) >= 11 is 0. The number of nitriles is 1. The van der Waals surface area contributed by atoms with E-state index in [-0.39, 0.29) is 6.04 Å². The Hall–Kier alpha value is -2.38. The fourth-order valence-corrected chi connectivity index (χ4v) is 3.06. The van der Waals surface area contributed by atoms with E-state index in [4.69, 9.17) is 5.73 Å². The third-order valence-electron chi connectivity index (χ3n) is 4.16. The molecule has 2 aromatic rings. The van der Waals surface area contributed by atoms with Crippen LogP contribution in [0.4, 0.5) is 5.82 Å². The molecule has 0 radical (unpaired) electrons. The summed E-state index contributed by atoms with van der Waals surface area (Å²) in [6.07, 6.45) is 2.72. The van der Waals surface area contributed by atoms with Crippen LogP contribution < -0.4 is 10.6 Å². The number of nitrogens with zero attached hydrogens (tertiary/aromatic N) is 3. The molecule has 4 nitrogen and oxygen atoms in total. The molecule has 0 aliphatic carbocycles. The van der Waals surface area contributed by atoms with Crippen molar-refractivity contribution in [3.63, 3.8) is 0 Å². The highest BCUT2D eigenvalue weighted by Gasteiger charge is 2.28. The second-order valence-electron chi connectivity index (χ2n) is 5.33. The molecule has 1 aromatic carbocycles. The number of hydrogen-bond donors (Lipinski definition) is 1. The molecule has 2 N–H and O–H groups in total. The highest BCUT2D eigenvalue weighted by Crippen LogP contribution is 2.34. The topological polar surface area (TPSA) is 65.9 Å². The van der Waals surface area contributed by atoms with E-state index in [0.717, 1.165) is 24.3 Å². The lowest BCUT2D eigenvalue weighted by Crippen LogP contribution is -2.40. The monoisotopic (exact) mass is 278 g/mol. The maximum atomic E-state index is 9.44. The average molecular weight is 278 g/mol. The first-order valence-electron chi connectivity index (χ1n) is 7.16. The number of anilines is 1. The third-order valence-corrected chi connectivity index (χ3v) is 4.16. The highest BCUT2D eigenvalue weighted by atomic mass is 15.2. The molecule has 1 aliphatic rings. The van der Waals surface area contributed by atoms with Crippen LogP contribution in [0.25, 0.3) is 0 Å². The average Bonchev–Trinajstić information content (AvgIpc) is 2.53. The van der Waals surface area contributed by atoms with Gasteiger partial charge in [-0.15, -0.1) is 0 Å². The number of nitrogens with two attached hydrogens (primary N) is 1. The number of hydrogen-bond acceptors (Lipinski definition) is 4. The molecule has 1 aliphatic heterocycles. The van der Waals surface area contributed by atoms with Crippen molar-refractivity contribution in [3.05, 3.63) is 58.8 Å². The van der Waals surface area contributed by atoms with Crippen molar-refractivity contribution in [1.29, 1.82) is 5.26 Å². The van der Waals surface area contributed by atoms with Gasteiger partial charge in [0.2, 0.25) is 0 Å². The Bertz CT molecular complexity index is 702. The van der Waals surface area contributed by atoms with Crippen molar-refractivity contribution < 1.29 is 0 Å². The van der Waals surface area contributed by atoms with Crippen molar-refractivity contribution in [2.75, 3.05) is 18.0 Å². The molecule has 1 aromatic heterocycles. The van der Waals surface area contributed by atoms with Crippen LogP contribution in [-0.4, -0.2) is 18.1 Å². The number of aromatic nitrogens is 1. The van der Waals surface area contributed by atoms with E-state index in [0.29, 0.717) is 12.1 Å². The SMILES string of the molecule is Cc1ccnc(N2CCc3ccccc3C2CN)c1C#N. The third kappa shape index (κ3) is 2.26. The Morgan fingerprint density at radius 2 is 2.19 bits per heavy atom. The molecule has 4 heteroatoms. The van der Waals surface area contributed by atoms with Gasteiger partial charge in [0, 0.05) is 19.3 Å². The predicted molar refractivity (Wildman–Crippen MR) is 83.0 cm³/mol. The minimum Gasteiger partial charge on any atom is -0.347 e. The van der Waals surface area contributed by atoms with Crippen molar-refractivity contribution in [2.24, 2.45) is 5.73 Å². The summed E-state index contributed by atoms with van der Waals surface area (Å²) in [6, 6.07) is 12.6. The molecule has 1 unspecified atom stereocenters. The summed E-state index contributed by atoms with van der Waals surface area (Å²) in [6.45, 7) is 3.29. The van der Waals surface area contributed by atoms with Gasteiger partial charge in [0.25, 0.3) is 0 Å². The van der Waals surface area contributed by atoms with Crippen molar-refractivity contribution >= 4 is 5.82 Å². The molecular weight excluding hydrogens is 260 g/mol. The highest BCUT2D eigenvalue weighted by molar-refractivity contribution is 5.59. The van der Waals surface area contributed by atoms with E-state index in [1.165, 1.54) is 11.1 Å². The van der Waals surface area contributed by atoms with E-state index in [2.05, 4.69) is 34.2 Å². The zero-order valence-corrected chi connectivity index (χ0v) is 12.1. The van der Waals surface area contributed by atoms with Gasteiger partial charge in [-0.25, -0.2) is 4.98 Å². The number of aryl methyl sites for hydroxylation is 1. The molecule has 0 spiro atoms. The summed E-state index contributed by atoms with van der Waals surface area (Å²) < 4.78 is 0. The molecule has 0 saturated carbocycles. The minimum absolute atomic E-state index is 0.0800. The quantitative estimate of drug-likeness (QED) is 0.915. The molecule has 106 valence electrons. The lowest BCUT2D eigenvalue weighted by atomic mass is 9.92. The van der Waals surface area contributed by atoms with Crippen LogP contribution >= 0.6 is 0 Å². The van der Waals surface area contributed by atoms with Gasteiger partial charge in [-0.05, 0) is 36.1 Å². The van der Waals surface area contributed by atoms with E-state index in [9.17, 15) is 5.26 Å². The molecule has 0 saturated heterocycles. The molecule has 0 fully saturated rings. The summed E-state index contributed by atoms with van der Waals surface area (Å²) in [4.78, 5) is 6.63. The maximum Gasteiger partial charge on any atom is 0.147 e. The van der Waals surface area contributed by atoms with Gasteiger partial charge < -0.3 is 10.6 Å². The van der Waals surface area contributed by atoms with E-state index in [1.807, 2.05) is 19.1 Å². The number of rotatable bonds is 2. The van der Waals surface area contributed by atoms with Crippen LogP contribution in [-0.2, 0) is 6.42 Å². The Morgan fingerprint density at radius 1 is 1.38 bits per heavy atom. The number of benzene rings is 1. The molecule has 1 atom stereocenters. The van der Waals surface area contributed by atoms with Gasteiger partial charge in [-0.1, -0.05) is 24.3 Å². The zero-order valence-electron chi connectivity index (χ0n) is 12.1. The summed E-state index contributed by atoms with van der Waals surface area (Å²) in [5, 5.41) is 9.44. The largest absolute Gasteiger partial charge is 0.347 e. The van der Waals surface area contributed by atoms with Crippen LogP contribution in [0, 0.1) is 18.3 Å². The van der Waals surface area contributed by atoms with Crippen LogP contribution in [0.1, 0.15) is 28.3 Å². The van der Waals surface area contributed by atoms with Crippen LogP contribution in [0.3, 0.4) is 0 Å². The maximum absolute atomic E-state index is 9.44. The van der Waals surface area contributed by atoms with Gasteiger partial charge >= 0.3 is 0 Å². The fraction of sp³-hybridized carbons (Fsp3) is 0.294. The van der Waals surface area contributed by atoms with E-state index >= 15 is 0 Å². The number of pyridine rings is 1. The van der Waals surface area contributed by atoms with E-state index in [1.54, 1.807) is 6.20 Å². The van der Waals surface area contributed by atoms with E-state index < -0.39 is 0 Å². The van der Waals surface area contributed by atoms with Crippen LogP contribution in [0.2, 0.25) is 0 Å². The van der Waals surface area contributed by atoms with Gasteiger partial charge in [-0.3, -0.25) is 0 Å². The Morgan fingerprint density at radius 3 is 2.95 bits per heavy atom. The van der Waals surface area contributed by atoms with Crippen LogP contribution in [0.15, 0.2) is 36.5 Å². The number of fused-ring (bicyclic) bond motifs is 1. The van der Waals surface area contributed by atoms with Crippen LogP contribution in [0.5, 0.6) is 0 Å². The lowest BCUT2D eigenvalue weighted by Gasteiger charge is -2.38. The Kier molecular flexibility index (Phi) is 3.59. The first-order chi connectivity index (χ1) is 10.3. The van der Waals surface area contributed by atoms with Gasteiger partial charge in [-0.2, -0.15) is 5.26 Å². The van der Waals surface area contributed by atoms with Gasteiger partial charge in [0.1, 0.15) is 11.9 Å². The first-order valence-corrected chi connectivity index (χ1v) is 7.16. The first kappa shape index (κ1) is 13.6. The molecular formula is C17H18N4. The predicted octanol–water partition coefficient (Wildman–Crippen LogP) is 2.32. The standard InChI is InChI=1S/C17H18N4/c1-12-6-8-20-17(15(12)10-18)21-9-7-13-4-2-3-5-14(13)16(21)11-19/h2-6,8,16H,7,9,11,19H2,1H3. The van der Waals surface area contributed by atoms with Gasteiger partial charge in [0.05, 0.1) is 11.6 Å². The normalized spacial score (nSPS) is 17.2. The van der Waals surface area contributed by atoms with Crippen molar-refractivity contribution in [3.8, 4) is 6.07 Å². The smallest absolute Gasteiger partial charge is 0.147 e. The molecule has 0 bridgehead atoms. The summed E-state index contributed by atoms with van der Waals surface area (Å²) in [7, 11) is 0. The molecule has 2 heterocycles.